The molecule has 0 aliphatic carbocycles. The number of aliphatic hydroxyl groups excluding tert-OH is 1. The van der Waals surface area contributed by atoms with Crippen LogP contribution in [0.4, 0.5) is 13.2 Å². The molecule has 214 valence electrons. The van der Waals surface area contributed by atoms with Gasteiger partial charge in [-0.05, 0) is 67.1 Å². The highest BCUT2D eigenvalue weighted by molar-refractivity contribution is 7.91. The van der Waals surface area contributed by atoms with E-state index in [0.29, 0.717) is 16.5 Å². The molecule has 40 heavy (non-hydrogen) atoms. The van der Waals surface area contributed by atoms with Crippen LogP contribution in [0.2, 0.25) is 10.0 Å². The van der Waals surface area contributed by atoms with Gasteiger partial charge in [-0.3, -0.25) is 0 Å². The monoisotopic (exact) mass is 615 g/mol. The molecule has 4 atom stereocenters. The first-order chi connectivity index (χ1) is 19.0. The highest BCUT2D eigenvalue weighted by Crippen LogP contribution is 2.37. The third-order valence-corrected chi connectivity index (χ3v) is 9.18. The standard InChI is InChI=1S/C27H26Cl2F3N3O4S/c1-2-11-33-40(37,19-7-5-18(6-8-19)39-27(30,31)32)34-22-14-38-15-25(26(22)36)35-23-9-3-16(28)12-20(23)21-13-17(29)4-10-24(21)35/h3-10,12-13,22,25-26,36H,2,11,14-15H2,1H3,(H,33,34,37)/t22-,25-,26-,40?/m1/s1. The van der Waals surface area contributed by atoms with Crippen LogP contribution in [0.1, 0.15) is 19.4 Å². The predicted molar refractivity (Wildman–Crippen MR) is 149 cm³/mol. The van der Waals surface area contributed by atoms with Crippen molar-refractivity contribution in [2.24, 2.45) is 4.36 Å². The molecular formula is C27H26Cl2F3N3O4S. The lowest BCUT2D eigenvalue weighted by molar-refractivity contribution is -0.274. The van der Waals surface area contributed by atoms with Crippen LogP contribution in [0.3, 0.4) is 0 Å². The number of nitrogens with one attached hydrogen (secondary N) is 1. The molecular weight excluding hydrogens is 590 g/mol. The van der Waals surface area contributed by atoms with Crippen LogP contribution in [0.25, 0.3) is 21.8 Å². The number of alkyl halides is 3. The van der Waals surface area contributed by atoms with Crippen LogP contribution in [0, 0.1) is 0 Å². The van der Waals surface area contributed by atoms with Gasteiger partial charge < -0.3 is 19.1 Å². The van der Waals surface area contributed by atoms with E-state index >= 15 is 0 Å². The number of benzene rings is 3. The molecule has 0 bridgehead atoms. The maximum Gasteiger partial charge on any atom is 0.573 e. The molecule has 1 fully saturated rings. The Morgan fingerprint density at radius 1 is 1.05 bits per heavy atom. The molecule has 7 nitrogen and oxygen atoms in total. The van der Waals surface area contributed by atoms with Gasteiger partial charge >= 0.3 is 6.36 Å². The van der Waals surface area contributed by atoms with Gasteiger partial charge in [-0.2, -0.15) is 0 Å². The number of ether oxygens (including phenoxy) is 2. The lowest BCUT2D eigenvalue weighted by Crippen LogP contribution is -2.53. The summed E-state index contributed by atoms with van der Waals surface area (Å²) in [4.78, 5) is 0.158. The molecule has 13 heteroatoms. The van der Waals surface area contributed by atoms with E-state index in [-0.39, 0.29) is 24.7 Å². The highest BCUT2D eigenvalue weighted by atomic mass is 35.5. The third kappa shape index (κ3) is 5.90. The topological polar surface area (TPSA) is 85.1 Å². The number of fused-ring (bicyclic) bond motifs is 3. The fourth-order valence-electron chi connectivity index (χ4n) is 4.90. The van der Waals surface area contributed by atoms with Gasteiger partial charge in [0.2, 0.25) is 0 Å². The molecule has 2 N–H and O–H groups in total. The van der Waals surface area contributed by atoms with Crippen molar-refractivity contribution in [1.82, 2.24) is 9.29 Å². The molecule has 1 aromatic heterocycles. The summed E-state index contributed by atoms with van der Waals surface area (Å²) in [6, 6.07) is 14.2. The number of hydrogen-bond acceptors (Lipinski definition) is 5. The second kappa shape index (κ2) is 11.4. The molecule has 1 unspecified atom stereocenters. The van der Waals surface area contributed by atoms with E-state index in [2.05, 4.69) is 13.8 Å². The van der Waals surface area contributed by atoms with E-state index < -0.39 is 40.2 Å². The average molecular weight is 616 g/mol. The smallest absolute Gasteiger partial charge is 0.406 e. The Morgan fingerprint density at radius 3 is 2.20 bits per heavy atom. The van der Waals surface area contributed by atoms with Crippen molar-refractivity contribution in [3.63, 3.8) is 0 Å². The number of aliphatic hydroxyl groups is 1. The fourth-order valence-corrected chi connectivity index (χ4v) is 7.16. The van der Waals surface area contributed by atoms with Crippen molar-refractivity contribution in [1.29, 1.82) is 0 Å². The highest BCUT2D eigenvalue weighted by Gasteiger charge is 2.37. The molecule has 4 aromatic rings. The van der Waals surface area contributed by atoms with E-state index in [1.807, 2.05) is 35.8 Å². The van der Waals surface area contributed by atoms with Gasteiger partial charge in [-0.15, -0.1) is 13.2 Å². The van der Waals surface area contributed by atoms with Crippen molar-refractivity contribution >= 4 is 54.9 Å². The van der Waals surface area contributed by atoms with Gasteiger partial charge in [-0.1, -0.05) is 30.1 Å². The zero-order valence-corrected chi connectivity index (χ0v) is 23.5. The normalized spacial score (nSPS) is 21.4. The Morgan fingerprint density at radius 2 is 1.65 bits per heavy atom. The maximum absolute atomic E-state index is 14.1. The summed E-state index contributed by atoms with van der Waals surface area (Å²) in [7, 11) is -3.36. The van der Waals surface area contributed by atoms with E-state index in [4.69, 9.17) is 27.9 Å². The minimum Gasteiger partial charge on any atom is -0.406 e. The molecule has 1 aliphatic rings. The average Bonchev–Trinajstić information content (AvgIpc) is 3.20. The first-order valence-electron chi connectivity index (χ1n) is 12.5. The molecule has 0 radical (unpaired) electrons. The van der Waals surface area contributed by atoms with Crippen molar-refractivity contribution in [3.8, 4) is 5.75 Å². The van der Waals surface area contributed by atoms with E-state index in [1.54, 1.807) is 12.1 Å². The number of hydrogen-bond donors (Lipinski definition) is 2. The zero-order chi connectivity index (χ0) is 28.7. The van der Waals surface area contributed by atoms with E-state index in [9.17, 15) is 22.5 Å². The molecule has 3 aromatic carbocycles. The lowest BCUT2D eigenvalue weighted by atomic mass is 10.0. The Bertz CT molecular complexity index is 1590. The van der Waals surface area contributed by atoms with Crippen LogP contribution < -0.4 is 9.46 Å². The van der Waals surface area contributed by atoms with E-state index in [1.165, 1.54) is 12.1 Å². The lowest BCUT2D eigenvalue weighted by Gasteiger charge is -2.37. The molecule has 1 saturated heterocycles. The van der Waals surface area contributed by atoms with Crippen LogP contribution in [0.5, 0.6) is 5.75 Å². The Labute approximate surface area is 239 Å². The number of halogens is 5. The van der Waals surface area contributed by atoms with Crippen molar-refractivity contribution in [2.75, 3.05) is 19.8 Å². The summed E-state index contributed by atoms with van der Waals surface area (Å²) in [5.74, 6) is -0.443. The van der Waals surface area contributed by atoms with Gasteiger partial charge in [-0.25, -0.2) is 13.3 Å². The molecule has 0 saturated carbocycles. The van der Waals surface area contributed by atoms with Crippen LogP contribution >= 0.6 is 23.2 Å². The van der Waals surface area contributed by atoms with Crippen molar-refractivity contribution in [2.45, 2.75) is 42.8 Å². The molecule has 0 spiro atoms. The van der Waals surface area contributed by atoms with Gasteiger partial charge in [0.15, 0.2) is 0 Å². The maximum atomic E-state index is 14.1. The van der Waals surface area contributed by atoms with Gasteiger partial charge in [0.05, 0.1) is 36.3 Å². The summed E-state index contributed by atoms with van der Waals surface area (Å²) in [5, 5.41) is 14.4. The zero-order valence-electron chi connectivity index (χ0n) is 21.2. The first-order valence-corrected chi connectivity index (χ1v) is 14.8. The number of nitrogens with zero attached hydrogens (tertiary/aromatic N) is 2. The molecule has 5 rings (SSSR count). The summed E-state index contributed by atoms with van der Waals surface area (Å²) in [5.41, 5.74) is 1.62. The van der Waals surface area contributed by atoms with E-state index in [0.717, 1.165) is 33.9 Å². The third-order valence-electron chi connectivity index (χ3n) is 6.64. The van der Waals surface area contributed by atoms with Crippen LogP contribution in [-0.4, -0.2) is 52.1 Å². The summed E-state index contributed by atoms with van der Waals surface area (Å²) < 4.78 is 71.0. The van der Waals surface area contributed by atoms with Gasteiger partial charge in [0.1, 0.15) is 15.7 Å². The quantitative estimate of drug-likeness (QED) is 0.241. The molecule has 0 amide bonds. The summed E-state index contributed by atoms with van der Waals surface area (Å²) in [6.45, 7) is 2.31. The number of rotatable bonds is 7. The first kappa shape index (κ1) is 29.0. The fraction of sp³-hybridized carbons (Fsp3) is 0.333. The molecule has 1 aliphatic heterocycles. The van der Waals surface area contributed by atoms with Crippen molar-refractivity contribution in [3.05, 3.63) is 70.7 Å². The van der Waals surface area contributed by atoms with Crippen molar-refractivity contribution < 1.29 is 32.0 Å². The minimum atomic E-state index is -4.85. The largest absolute Gasteiger partial charge is 0.573 e. The second-order valence-electron chi connectivity index (χ2n) is 9.41. The van der Waals surface area contributed by atoms with Gasteiger partial charge in [0.25, 0.3) is 0 Å². The Kier molecular flexibility index (Phi) is 8.24. The van der Waals surface area contributed by atoms with Gasteiger partial charge in [0, 0.05) is 38.4 Å². The SMILES string of the molecule is CCCN=S(=O)(N[C@@H]1COC[C@@H](n2c3ccc(Cl)cc3c3cc(Cl)ccc32)[C@@H]1O)c1ccc(OC(F)(F)F)cc1. The predicted octanol–water partition coefficient (Wildman–Crippen LogP) is 6.74. The minimum absolute atomic E-state index is 0.0420. The Hall–Kier alpha value is -2.54. The second-order valence-corrected chi connectivity index (χ2v) is 12.3. The summed E-state index contributed by atoms with van der Waals surface area (Å²) >= 11 is 12.6. The summed E-state index contributed by atoms with van der Waals surface area (Å²) in [6.07, 6.45) is -5.33. The van der Waals surface area contributed by atoms with Crippen LogP contribution in [-0.2, 0) is 14.7 Å². The Balaban J connectivity index is 1.50. The number of aromatic nitrogens is 1. The van der Waals surface area contributed by atoms with Crippen LogP contribution in [0.15, 0.2) is 69.9 Å². The molecule has 2 heterocycles.